The molecule has 1 aliphatic heterocycles. The summed E-state index contributed by atoms with van der Waals surface area (Å²) < 4.78 is 40.8. The maximum absolute atomic E-state index is 13.0. The van der Waals surface area contributed by atoms with Gasteiger partial charge in [0.1, 0.15) is 0 Å². The van der Waals surface area contributed by atoms with Crippen LogP contribution in [0.3, 0.4) is 0 Å². The molecule has 1 saturated carbocycles. The maximum Gasteiger partial charge on any atom is 0.391 e. The van der Waals surface area contributed by atoms with Crippen molar-refractivity contribution in [3.63, 3.8) is 0 Å². The summed E-state index contributed by atoms with van der Waals surface area (Å²) in [5.74, 6) is -0.655. The summed E-state index contributed by atoms with van der Waals surface area (Å²) >= 11 is 0. The monoisotopic (exact) mass is 380 g/mol. The Morgan fingerprint density at radius 1 is 1.07 bits per heavy atom. The third-order valence-corrected chi connectivity index (χ3v) is 6.44. The highest BCUT2D eigenvalue weighted by atomic mass is 19.4. The lowest BCUT2D eigenvalue weighted by atomic mass is 9.80. The molecule has 0 amide bonds. The average molecular weight is 380 g/mol. The van der Waals surface area contributed by atoms with Crippen molar-refractivity contribution in [2.75, 3.05) is 13.1 Å². The van der Waals surface area contributed by atoms with E-state index in [1.54, 1.807) is 0 Å². The Morgan fingerprint density at radius 2 is 1.81 bits per heavy atom. The molecule has 1 atom stereocenters. The molecule has 4 rings (SSSR count). The number of halogens is 3. The van der Waals surface area contributed by atoms with Crippen molar-refractivity contribution in [1.29, 1.82) is 0 Å². The highest BCUT2D eigenvalue weighted by Crippen LogP contribution is 2.43. The van der Waals surface area contributed by atoms with Crippen LogP contribution in [0.2, 0.25) is 0 Å². The van der Waals surface area contributed by atoms with Crippen LogP contribution in [0.1, 0.15) is 73.0 Å². The fourth-order valence-electron chi connectivity index (χ4n) is 4.73. The molecule has 3 heterocycles. The third-order valence-electron chi connectivity index (χ3n) is 6.44. The lowest BCUT2D eigenvalue weighted by molar-refractivity contribution is -0.182. The maximum atomic E-state index is 13.0. The van der Waals surface area contributed by atoms with Crippen LogP contribution in [0, 0.1) is 19.8 Å². The van der Waals surface area contributed by atoms with Crippen LogP contribution in [0.5, 0.6) is 0 Å². The zero-order valence-corrected chi connectivity index (χ0v) is 15.9. The van der Waals surface area contributed by atoms with Crippen LogP contribution < -0.4 is 5.32 Å². The number of nitrogens with one attached hydrogen (secondary N) is 1. The van der Waals surface area contributed by atoms with E-state index in [0.717, 1.165) is 43.0 Å². The number of hydrogen-bond donors (Lipinski definition) is 1. The van der Waals surface area contributed by atoms with E-state index in [1.165, 1.54) is 11.3 Å². The van der Waals surface area contributed by atoms with Crippen LogP contribution in [0.25, 0.3) is 5.65 Å². The molecule has 7 heteroatoms. The van der Waals surface area contributed by atoms with Gasteiger partial charge in [0, 0.05) is 30.1 Å². The lowest BCUT2D eigenvalue weighted by Gasteiger charge is -2.28. The van der Waals surface area contributed by atoms with Crippen LogP contribution in [-0.4, -0.2) is 33.9 Å². The zero-order chi connectivity index (χ0) is 19.2. The molecular weight excluding hydrogens is 353 g/mol. The number of rotatable bonds is 2. The molecule has 27 heavy (non-hydrogen) atoms. The molecule has 1 saturated heterocycles. The third kappa shape index (κ3) is 3.58. The quantitative estimate of drug-likeness (QED) is 0.825. The molecule has 2 aliphatic rings. The van der Waals surface area contributed by atoms with Gasteiger partial charge in [-0.3, -0.25) is 0 Å². The highest BCUT2D eigenvalue weighted by Gasteiger charge is 2.42. The van der Waals surface area contributed by atoms with Gasteiger partial charge in [0.15, 0.2) is 5.65 Å². The Morgan fingerprint density at radius 3 is 2.44 bits per heavy atom. The second-order valence-electron chi connectivity index (χ2n) is 8.18. The summed E-state index contributed by atoms with van der Waals surface area (Å²) in [5.41, 5.74) is 5.12. The molecule has 0 radical (unpaired) electrons. The fraction of sp³-hybridized carbons (Fsp3) is 0.700. The minimum absolute atomic E-state index is 0.100. The number of hydrogen-bond acceptors (Lipinski definition) is 3. The number of alkyl halides is 3. The number of aryl methyl sites for hydroxylation is 1. The Bertz CT molecular complexity index is 813. The predicted molar refractivity (Wildman–Crippen MR) is 98.1 cm³/mol. The average Bonchev–Trinajstić information content (AvgIpc) is 3.06. The van der Waals surface area contributed by atoms with Gasteiger partial charge < -0.3 is 5.32 Å². The Kier molecular flexibility index (Phi) is 4.91. The van der Waals surface area contributed by atoms with Gasteiger partial charge >= 0.3 is 6.18 Å². The minimum Gasteiger partial charge on any atom is -0.316 e. The summed E-state index contributed by atoms with van der Waals surface area (Å²) in [5, 5.41) is 8.31. The normalized spacial score (nSPS) is 27.2. The first-order valence-corrected chi connectivity index (χ1v) is 9.98. The molecule has 2 aromatic rings. The molecular formula is C20H27F3N4. The van der Waals surface area contributed by atoms with Gasteiger partial charge in [0.2, 0.25) is 0 Å². The van der Waals surface area contributed by atoms with Crippen LogP contribution >= 0.6 is 0 Å². The van der Waals surface area contributed by atoms with Crippen molar-refractivity contribution in [2.24, 2.45) is 5.92 Å². The van der Waals surface area contributed by atoms with Crippen molar-refractivity contribution in [3.8, 4) is 0 Å². The first kappa shape index (κ1) is 18.7. The van der Waals surface area contributed by atoms with E-state index in [-0.39, 0.29) is 18.8 Å². The minimum atomic E-state index is -4.07. The number of nitrogens with zero attached hydrogens (tertiary/aromatic N) is 3. The first-order valence-electron chi connectivity index (χ1n) is 9.98. The second kappa shape index (κ2) is 7.08. The summed E-state index contributed by atoms with van der Waals surface area (Å²) in [7, 11) is 0. The van der Waals surface area contributed by atoms with Gasteiger partial charge in [-0.25, -0.2) is 9.50 Å². The van der Waals surface area contributed by atoms with Crippen molar-refractivity contribution in [2.45, 2.75) is 70.4 Å². The molecule has 2 aromatic heterocycles. The largest absolute Gasteiger partial charge is 0.391 e. The number of piperidine rings is 1. The molecule has 1 N–H and O–H groups in total. The Hall–Kier alpha value is -1.63. The molecule has 0 aromatic carbocycles. The van der Waals surface area contributed by atoms with E-state index in [0.29, 0.717) is 18.8 Å². The van der Waals surface area contributed by atoms with Gasteiger partial charge in [0.05, 0.1) is 17.3 Å². The Balaban J connectivity index is 1.64. The van der Waals surface area contributed by atoms with Gasteiger partial charge in [-0.1, -0.05) is 0 Å². The van der Waals surface area contributed by atoms with E-state index in [2.05, 4.69) is 12.2 Å². The van der Waals surface area contributed by atoms with E-state index < -0.39 is 12.1 Å². The predicted octanol–water partition coefficient (Wildman–Crippen LogP) is 4.65. The zero-order valence-electron chi connectivity index (χ0n) is 15.9. The molecule has 1 aliphatic carbocycles. The smallest absolute Gasteiger partial charge is 0.316 e. The van der Waals surface area contributed by atoms with Gasteiger partial charge in [-0.2, -0.15) is 18.3 Å². The van der Waals surface area contributed by atoms with E-state index in [9.17, 15) is 13.2 Å². The SMILES string of the molecule is Cc1nc2cc([C@H]3CC[C@H](C(F)(F)F)CC3)nn2c([C@@H]2CCCNC2)c1C. The number of aromatic nitrogens is 3. The van der Waals surface area contributed by atoms with Crippen molar-refractivity contribution in [1.82, 2.24) is 19.9 Å². The summed E-state index contributed by atoms with van der Waals surface area (Å²) in [6.45, 7) is 6.11. The molecule has 0 spiro atoms. The van der Waals surface area contributed by atoms with Crippen molar-refractivity contribution >= 4 is 5.65 Å². The highest BCUT2D eigenvalue weighted by molar-refractivity contribution is 5.46. The van der Waals surface area contributed by atoms with E-state index >= 15 is 0 Å². The molecule has 0 unspecified atom stereocenters. The first-order chi connectivity index (χ1) is 12.8. The van der Waals surface area contributed by atoms with E-state index in [1.807, 2.05) is 17.5 Å². The van der Waals surface area contributed by atoms with Crippen molar-refractivity contribution in [3.05, 3.63) is 28.7 Å². The van der Waals surface area contributed by atoms with Crippen LogP contribution in [-0.2, 0) is 0 Å². The summed E-state index contributed by atoms with van der Waals surface area (Å²) in [6, 6.07) is 1.99. The summed E-state index contributed by atoms with van der Waals surface area (Å²) in [6.07, 6.45) is -0.305. The van der Waals surface area contributed by atoms with Gasteiger partial charge in [-0.15, -0.1) is 0 Å². The lowest BCUT2D eigenvalue weighted by Crippen LogP contribution is -2.30. The van der Waals surface area contributed by atoms with E-state index in [4.69, 9.17) is 10.1 Å². The van der Waals surface area contributed by atoms with Crippen LogP contribution in [0.4, 0.5) is 13.2 Å². The topological polar surface area (TPSA) is 42.2 Å². The molecule has 4 nitrogen and oxygen atoms in total. The van der Waals surface area contributed by atoms with Gasteiger partial charge in [0.25, 0.3) is 0 Å². The molecule has 2 fully saturated rings. The van der Waals surface area contributed by atoms with Crippen LogP contribution in [0.15, 0.2) is 6.07 Å². The molecule has 148 valence electrons. The Labute approximate surface area is 157 Å². The summed E-state index contributed by atoms with van der Waals surface area (Å²) in [4.78, 5) is 4.70. The fourth-order valence-corrected chi connectivity index (χ4v) is 4.73. The standard InChI is InChI=1S/C20H27F3N4/c1-12-13(2)25-18-10-17(14-5-7-16(8-6-14)20(21,22)23)26-27(18)19(12)15-4-3-9-24-11-15/h10,14-16,24H,3-9,11H2,1-2H3/t14-,15-,16-/m1/s1. The second-order valence-corrected chi connectivity index (χ2v) is 8.18. The van der Waals surface area contributed by atoms with Gasteiger partial charge in [-0.05, 0) is 64.5 Å². The molecule has 0 bridgehead atoms. The number of fused-ring (bicyclic) bond motifs is 1. The van der Waals surface area contributed by atoms with Crippen molar-refractivity contribution < 1.29 is 13.2 Å².